The zero-order valence-corrected chi connectivity index (χ0v) is 13.8. The van der Waals surface area contributed by atoms with Crippen LogP contribution in [0.4, 0.5) is 4.79 Å². The van der Waals surface area contributed by atoms with Gasteiger partial charge in [0.25, 0.3) is 0 Å². The molecule has 2 aromatic rings. The standard InChI is InChI=1S/C17H24N4O2/c1-3-10-20-11-6-8-13(20)16-19-15-12(21(16)4-2)7-5-9-14(15)23-17(18)22/h5,7,9,13H,3-4,6,8,10-11H2,1-2H3,(H2,18,22). The Balaban J connectivity index is 2.08. The number of aromatic nitrogens is 2. The number of likely N-dealkylation sites (tertiary alicyclic amines) is 1. The van der Waals surface area contributed by atoms with Crippen LogP contribution in [0.15, 0.2) is 18.2 Å². The van der Waals surface area contributed by atoms with Gasteiger partial charge in [-0.15, -0.1) is 0 Å². The molecular formula is C17H24N4O2. The average Bonchev–Trinajstić information content (AvgIpc) is 3.11. The van der Waals surface area contributed by atoms with E-state index in [-0.39, 0.29) is 0 Å². The molecule has 6 nitrogen and oxygen atoms in total. The molecule has 2 heterocycles. The van der Waals surface area contributed by atoms with Gasteiger partial charge in [-0.2, -0.15) is 0 Å². The molecule has 1 aliphatic rings. The van der Waals surface area contributed by atoms with Gasteiger partial charge >= 0.3 is 6.09 Å². The molecule has 3 rings (SSSR count). The number of carbonyl (C=O) groups excluding carboxylic acids is 1. The SMILES string of the molecule is CCCN1CCCC1c1nc2c(OC(N)=O)cccc2n1CC. The highest BCUT2D eigenvalue weighted by atomic mass is 16.5. The average molecular weight is 316 g/mol. The first kappa shape index (κ1) is 15.8. The third-order valence-corrected chi connectivity index (χ3v) is 4.47. The number of nitrogens with two attached hydrogens (primary N) is 1. The van der Waals surface area contributed by atoms with Gasteiger partial charge in [-0.1, -0.05) is 13.0 Å². The second-order valence-corrected chi connectivity index (χ2v) is 5.95. The van der Waals surface area contributed by atoms with E-state index >= 15 is 0 Å². The summed E-state index contributed by atoms with van der Waals surface area (Å²) in [7, 11) is 0. The van der Waals surface area contributed by atoms with E-state index in [9.17, 15) is 4.79 Å². The highest BCUT2D eigenvalue weighted by molar-refractivity contribution is 5.85. The molecule has 0 saturated carbocycles. The number of benzene rings is 1. The number of ether oxygens (including phenoxy) is 1. The van der Waals surface area contributed by atoms with Crippen LogP contribution in [0.2, 0.25) is 0 Å². The number of rotatable bonds is 5. The van der Waals surface area contributed by atoms with Crippen molar-refractivity contribution in [2.45, 2.75) is 45.7 Å². The van der Waals surface area contributed by atoms with Crippen molar-refractivity contribution in [1.29, 1.82) is 0 Å². The minimum atomic E-state index is -0.807. The van der Waals surface area contributed by atoms with E-state index in [1.54, 1.807) is 6.07 Å². The second kappa shape index (κ2) is 6.58. The smallest absolute Gasteiger partial charge is 0.408 e. The zero-order valence-electron chi connectivity index (χ0n) is 13.8. The largest absolute Gasteiger partial charge is 0.410 e. The maximum atomic E-state index is 11.1. The summed E-state index contributed by atoms with van der Waals surface area (Å²) in [5.74, 6) is 1.50. The fraction of sp³-hybridized carbons (Fsp3) is 0.529. The first-order valence-electron chi connectivity index (χ1n) is 8.36. The first-order valence-corrected chi connectivity index (χ1v) is 8.36. The fourth-order valence-corrected chi connectivity index (χ4v) is 3.59. The van der Waals surface area contributed by atoms with E-state index in [2.05, 4.69) is 23.3 Å². The van der Waals surface area contributed by atoms with E-state index in [4.69, 9.17) is 15.5 Å². The van der Waals surface area contributed by atoms with Gasteiger partial charge in [0.05, 0.1) is 11.6 Å². The van der Waals surface area contributed by atoms with Crippen molar-refractivity contribution in [2.24, 2.45) is 5.73 Å². The topological polar surface area (TPSA) is 73.4 Å². The van der Waals surface area contributed by atoms with Crippen molar-refractivity contribution in [3.63, 3.8) is 0 Å². The number of carbonyl (C=O) groups is 1. The Kier molecular flexibility index (Phi) is 4.52. The molecule has 0 spiro atoms. The molecule has 6 heteroatoms. The Morgan fingerprint density at radius 1 is 1.43 bits per heavy atom. The third kappa shape index (κ3) is 2.91. The van der Waals surface area contributed by atoms with Crippen LogP contribution in [0, 0.1) is 0 Å². The Morgan fingerprint density at radius 3 is 2.96 bits per heavy atom. The molecule has 23 heavy (non-hydrogen) atoms. The van der Waals surface area contributed by atoms with Gasteiger partial charge in [-0.05, 0) is 51.4 Å². The van der Waals surface area contributed by atoms with E-state index in [1.807, 2.05) is 12.1 Å². The summed E-state index contributed by atoms with van der Waals surface area (Å²) in [5, 5.41) is 0. The predicted octanol–water partition coefficient (Wildman–Crippen LogP) is 3.06. The molecule has 0 bridgehead atoms. The lowest BCUT2D eigenvalue weighted by molar-refractivity contribution is 0.211. The molecule has 2 N–H and O–H groups in total. The number of aryl methyl sites for hydroxylation is 1. The number of amides is 1. The summed E-state index contributed by atoms with van der Waals surface area (Å²) in [4.78, 5) is 18.5. The van der Waals surface area contributed by atoms with Crippen LogP contribution in [0.5, 0.6) is 5.75 Å². The van der Waals surface area contributed by atoms with Crippen LogP contribution in [0.1, 0.15) is 45.0 Å². The number of fused-ring (bicyclic) bond motifs is 1. The molecule has 1 aromatic carbocycles. The quantitative estimate of drug-likeness (QED) is 0.920. The molecule has 1 aromatic heterocycles. The van der Waals surface area contributed by atoms with Crippen LogP contribution in [-0.4, -0.2) is 33.6 Å². The predicted molar refractivity (Wildman–Crippen MR) is 89.5 cm³/mol. The molecule has 0 aliphatic carbocycles. The van der Waals surface area contributed by atoms with Crippen molar-refractivity contribution < 1.29 is 9.53 Å². The van der Waals surface area contributed by atoms with Crippen LogP contribution < -0.4 is 10.5 Å². The van der Waals surface area contributed by atoms with E-state index in [0.717, 1.165) is 43.8 Å². The molecule has 1 atom stereocenters. The van der Waals surface area contributed by atoms with E-state index in [0.29, 0.717) is 17.3 Å². The lowest BCUT2D eigenvalue weighted by Crippen LogP contribution is -2.26. The van der Waals surface area contributed by atoms with Gasteiger partial charge in [0.15, 0.2) is 5.75 Å². The number of hydrogen-bond donors (Lipinski definition) is 1. The normalized spacial score (nSPS) is 18.6. The molecule has 1 aliphatic heterocycles. The monoisotopic (exact) mass is 316 g/mol. The molecule has 1 unspecified atom stereocenters. The summed E-state index contributed by atoms with van der Waals surface area (Å²) in [5.41, 5.74) is 6.88. The highest BCUT2D eigenvalue weighted by Crippen LogP contribution is 2.35. The molecule has 1 fully saturated rings. The second-order valence-electron chi connectivity index (χ2n) is 5.95. The molecule has 124 valence electrons. The van der Waals surface area contributed by atoms with Gasteiger partial charge < -0.3 is 15.0 Å². The lowest BCUT2D eigenvalue weighted by atomic mass is 10.2. The Bertz CT molecular complexity index is 710. The molecule has 0 radical (unpaired) electrons. The van der Waals surface area contributed by atoms with Crippen molar-refractivity contribution in [3.05, 3.63) is 24.0 Å². The molecular weight excluding hydrogens is 292 g/mol. The van der Waals surface area contributed by atoms with Crippen molar-refractivity contribution in [2.75, 3.05) is 13.1 Å². The Morgan fingerprint density at radius 2 is 2.26 bits per heavy atom. The highest BCUT2D eigenvalue weighted by Gasteiger charge is 2.30. The molecule has 1 saturated heterocycles. The number of hydrogen-bond acceptors (Lipinski definition) is 4. The summed E-state index contributed by atoms with van der Waals surface area (Å²) in [6, 6.07) is 5.96. The van der Waals surface area contributed by atoms with Crippen LogP contribution >= 0.6 is 0 Å². The molecule has 1 amide bonds. The Hall–Kier alpha value is -2.08. The van der Waals surface area contributed by atoms with E-state index in [1.165, 1.54) is 6.42 Å². The van der Waals surface area contributed by atoms with Crippen LogP contribution in [0.25, 0.3) is 11.0 Å². The lowest BCUT2D eigenvalue weighted by Gasteiger charge is -2.24. The summed E-state index contributed by atoms with van der Waals surface area (Å²) < 4.78 is 7.35. The van der Waals surface area contributed by atoms with Crippen LogP contribution in [0.3, 0.4) is 0 Å². The maximum Gasteiger partial charge on any atom is 0.410 e. The third-order valence-electron chi connectivity index (χ3n) is 4.47. The number of nitrogens with zero attached hydrogens (tertiary/aromatic N) is 3. The number of para-hydroxylation sites is 1. The van der Waals surface area contributed by atoms with E-state index < -0.39 is 6.09 Å². The summed E-state index contributed by atoms with van der Waals surface area (Å²) in [6.07, 6.45) is 2.65. The van der Waals surface area contributed by atoms with Gasteiger partial charge in [0, 0.05) is 6.54 Å². The van der Waals surface area contributed by atoms with Crippen molar-refractivity contribution in [1.82, 2.24) is 14.5 Å². The zero-order chi connectivity index (χ0) is 16.4. The Labute approximate surface area is 136 Å². The van der Waals surface area contributed by atoms with Gasteiger partial charge in [0.1, 0.15) is 11.3 Å². The van der Waals surface area contributed by atoms with Gasteiger partial charge in [0.2, 0.25) is 0 Å². The van der Waals surface area contributed by atoms with Gasteiger partial charge in [-0.3, -0.25) is 4.90 Å². The van der Waals surface area contributed by atoms with Crippen molar-refractivity contribution in [3.8, 4) is 5.75 Å². The summed E-state index contributed by atoms with van der Waals surface area (Å²) in [6.45, 7) is 7.36. The van der Waals surface area contributed by atoms with Crippen LogP contribution in [-0.2, 0) is 6.54 Å². The maximum absolute atomic E-state index is 11.1. The summed E-state index contributed by atoms with van der Waals surface area (Å²) >= 11 is 0. The number of primary amides is 1. The van der Waals surface area contributed by atoms with Crippen molar-refractivity contribution >= 4 is 17.1 Å². The fourth-order valence-electron chi connectivity index (χ4n) is 3.59. The van der Waals surface area contributed by atoms with Gasteiger partial charge in [-0.25, -0.2) is 9.78 Å². The number of imidazole rings is 1. The minimum Gasteiger partial charge on any atom is -0.408 e. The minimum absolute atomic E-state index is 0.337. The first-order chi connectivity index (χ1) is 11.2.